The summed E-state index contributed by atoms with van der Waals surface area (Å²) in [6.07, 6.45) is 0.310. The summed E-state index contributed by atoms with van der Waals surface area (Å²) in [7, 11) is -3.01. The first-order chi connectivity index (χ1) is 9.17. The molecule has 0 spiro atoms. The van der Waals surface area contributed by atoms with Crippen molar-refractivity contribution in [3.63, 3.8) is 0 Å². The smallest absolute Gasteiger partial charge is 0.298 e. The van der Waals surface area contributed by atoms with Crippen LogP contribution in [0.3, 0.4) is 0 Å². The Kier molecular flexibility index (Phi) is 5.63. The molecule has 1 rings (SSSR count). The van der Waals surface area contributed by atoms with Crippen molar-refractivity contribution in [1.29, 1.82) is 0 Å². The molecule has 1 aromatic carbocycles. The van der Waals surface area contributed by atoms with Crippen molar-refractivity contribution in [2.45, 2.75) is 44.3 Å². The van der Waals surface area contributed by atoms with Crippen LogP contribution in [0.25, 0.3) is 0 Å². The third-order valence-corrected chi connectivity index (χ3v) is 9.15. The maximum absolute atomic E-state index is 11.4. The summed E-state index contributed by atoms with van der Waals surface area (Å²) in [5, 5.41) is 11.4. The van der Waals surface area contributed by atoms with E-state index in [-0.39, 0.29) is 4.92 Å². The van der Waals surface area contributed by atoms with Gasteiger partial charge in [0.2, 0.25) is 0 Å². The standard InChI is InChI=1S/C13H24N2O3Si2/c1-19(2)18-20(3,4)11-10-13(14,15(16)17)12-8-6-5-7-9-12/h5-9,19H,10-11,14H2,1-4H3. The summed E-state index contributed by atoms with van der Waals surface area (Å²) >= 11 is 0. The van der Waals surface area contributed by atoms with Crippen LogP contribution in [0.15, 0.2) is 30.3 Å². The SMILES string of the molecule is C[SiH](C)O[Si](C)(C)CCC(N)(c1ccccc1)[N+](=O)[O-]. The fourth-order valence-corrected chi connectivity index (χ4v) is 8.82. The fourth-order valence-electron chi connectivity index (χ4n) is 2.26. The third-order valence-electron chi connectivity index (χ3n) is 3.26. The van der Waals surface area contributed by atoms with Gasteiger partial charge in [-0.05, 0) is 32.2 Å². The molecular formula is C13H24N2O3Si2. The van der Waals surface area contributed by atoms with E-state index in [9.17, 15) is 10.1 Å². The van der Waals surface area contributed by atoms with Gasteiger partial charge in [0, 0.05) is 16.9 Å². The van der Waals surface area contributed by atoms with Crippen LogP contribution in [0.4, 0.5) is 0 Å². The van der Waals surface area contributed by atoms with E-state index in [1.807, 2.05) is 6.07 Å². The molecule has 0 aliphatic carbocycles. The van der Waals surface area contributed by atoms with Gasteiger partial charge >= 0.3 is 0 Å². The number of hydrogen-bond acceptors (Lipinski definition) is 4. The van der Waals surface area contributed by atoms with Gasteiger partial charge in [-0.15, -0.1) is 0 Å². The summed E-state index contributed by atoms with van der Waals surface area (Å²) < 4.78 is 6.05. The van der Waals surface area contributed by atoms with Gasteiger partial charge < -0.3 is 4.12 Å². The highest BCUT2D eigenvalue weighted by molar-refractivity contribution is 6.77. The van der Waals surface area contributed by atoms with Crippen molar-refractivity contribution < 1.29 is 9.04 Å². The number of nitrogens with zero attached hydrogens (tertiary/aromatic N) is 1. The fraction of sp³-hybridized carbons (Fsp3) is 0.538. The van der Waals surface area contributed by atoms with Gasteiger partial charge in [0.05, 0.1) is 0 Å². The van der Waals surface area contributed by atoms with E-state index in [4.69, 9.17) is 9.85 Å². The van der Waals surface area contributed by atoms with Gasteiger partial charge in [0.15, 0.2) is 17.4 Å². The molecule has 0 aliphatic heterocycles. The predicted molar refractivity (Wildman–Crippen MR) is 86.2 cm³/mol. The van der Waals surface area contributed by atoms with E-state index in [1.165, 1.54) is 0 Å². The van der Waals surface area contributed by atoms with Crippen LogP contribution in [0, 0.1) is 10.1 Å². The molecule has 2 N–H and O–H groups in total. The van der Waals surface area contributed by atoms with Gasteiger partial charge in [-0.2, -0.15) is 0 Å². The van der Waals surface area contributed by atoms with Crippen LogP contribution in [0.2, 0.25) is 32.2 Å². The van der Waals surface area contributed by atoms with Crippen LogP contribution < -0.4 is 5.73 Å². The molecule has 5 nitrogen and oxygen atoms in total. The first kappa shape index (κ1) is 17.0. The minimum absolute atomic E-state index is 0.310. The van der Waals surface area contributed by atoms with E-state index >= 15 is 0 Å². The van der Waals surface area contributed by atoms with Crippen molar-refractivity contribution in [2.75, 3.05) is 0 Å². The number of hydrogen-bond donors (Lipinski definition) is 1. The summed E-state index contributed by atoms with van der Waals surface area (Å²) in [6, 6.07) is 9.51. The molecule has 20 heavy (non-hydrogen) atoms. The van der Waals surface area contributed by atoms with Crippen LogP contribution in [0.1, 0.15) is 12.0 Å². The van der Waals surface area contributed by atoms with Gasteiger partial charge in [0.25, 0.3) is 5.66 Å². The largest absolute Gasteiger partial charge is 0.458 e. The molecule has 0 saturated carbocycles. The number of nitro groups is 1. The highest BCUT2D eigenvalue weighted by Crippen LogP contribution is 2.28. The molecule has 1 unspecified atom stereocenters. The molecule has 0 saturated heterocycles. The van der Waals surface area contributed by atoms with Crippen molar-refractivity contribution in [1.82, 2.24) is 0 Å². The molecule has 7 heteroatoms. The summed E-state index contributed by atoms with van der Waals surface area (Å²) in [4.78, 5) is 11.0. The van der Waals surface area contributed by atoms with Crippen LogP contribution in [-0.2, 0) is 9.78 Å². The average Bonchev–Trinajstić information content (AvgIpc) is 2.35. The Hall–Kier alpha value is -1.03. The van der Waals surface area contributed by atoms with Gasteiger partial charge in [-0.1, -0.05) is 30.3 Å². The normalized spacial score (nSPS) is 15.1. The van der Waals surface area contributed by atoms with Crippen molar-refractivity contribution in [3.8, 4) is 0 Å². The quantitative estimate of drug-likeness (QED) is 0.363. The monoisotopic (exact) mass is 312 g/mol. The summed E-state index contributed by atoms with van der Waals surface area (Å²) in [5.41, 5.74) is 5.11. The zero-order chi connectivity index (χ0) is 15.4. The minimum atomic E-state index is -1.88. The highest BCUT2D eigenvalue weighted by Gasteiger charge is 2.42. The molecule has 1 atom stereocenters. The summed E-state index contributed by atoms with van der Waals surface area (Å²) in [6.45, 7) is 8.45. The molecule has 0 radical (unpaired) electrons. The Morgan fingerprint density at radius 3 is 2.35 bits per heavy atom. The molecule has 0 aromatic heterocycles. The molecule has 1 aromatic rings. The minimum Gasteiger partial charge on any atom is -0.458 e. The van der Waals surface area contributed by atoms with E-state index < -0.39 is 23.0 Å². The molecule has 0 aliphatic rings. The van der Waals surface area contributed by atoms with E-state index in [2.05, 4.69) is 26.2 Å². The lowest BCUT2D eigenvalue weighted by atomic mass is 9.98. The maximum atomic E-state index is 11.4. The van der Waals surface area contributed by atoms with E-state index in [1.54, 1.807) is 24.3 Å². The van der Waals surface area contributed by atoms with Gasteiger partial charge in [0.1, 0.15) is 0 Å². The lowest BCUT2D eigenvalue weighted by Gasteiger charge is -2.29. The first-order valence-electron chi connectivity index (χ1n) is 6.84. The number of nitrogens with two attached hydrogens (primary N) is 1. The Labute approximate surface area is 123 Å². The lowest BCUT2D eigenvalue weighted by Crippen LogP contribution is -2.47. The van der Waals surface area contributed by atoms with Crippen molar-refractivity contribution >= 4 is 17.4 Å². The van der Waals surface area contributed by atoms with Gasteiger partial charge in [-0.3, -0.25) is 15.8 Å². The number of rotatable bonds is 7. The van der Waals surface area contributed by atoms with E-state index in [0.717, 1.165) is 0 Å². The second-order valence-electron chi connectivity index (χ2n) is 5.97. The number of benzene rings is 1. The summed E-state index contributed by atoms with van der Waals surface area (Å²) in [5.74, 6) is 0. The maximum Gasteiger partial charge on any atom is 0.298 e. The Bertz CT molecular complexity index is 454. The van der Waals surface area contributed by atoms with Crippen LogP contribution in [-0.4, -0.2) is 22.3 Å². The molecular weight excluding hydrogens is 288 g/mol. The van der Waals surface area contributed by atoms with Gasteiger partial charge in [-0.25, -0.2) is 0 Å². The first-order valence-corrected chi connectivity index (χ1v) is 12.7. The molecule has 0 bridgehead atoms. The predicted octanol–water partition coefficient (Wildman–Crippen LogP) is 2.67. The van der Waals surface area contributed by atoms with E-state index in [0.29, 0.717) is 18.0 Å². The molecule has 0 fully saturated rings. The lowest BCUT2D eigenvalue weighted by molar-refractivity contribution is -0.579. The Balaban J connectivity index is 2.87. The molecule has 0 amide bonds. The second kappa shape index (κ2) is 6.62. The van der Waals surface area contributed by atoms with Crippen molar-refractivity contribution in [3.05, 3.63) is 46.0 Å². The van der Waals surface area contributed by atoms with Crippen LogP contribution in [0.5, 0.6) is 0 Å². The second-order valence-corrected chi connectivity index (χ2v) is 13.0. The third kappa shape index (κ3) is 4.51. The molecule has 0 heterocycles. The Morgan fingerprint density at radius 2 is 1.90 bits per heavy atom. The highest BCUT2D eigenvalue weighted by atomic mass is 28.4. The van der Waals surface area contributed by atoms with Crippen LogP contribution >= 0.6 is 0 Å². The average molecular weight is 313 g/mol. The Morgan fingerprint density at radius 1 is 1.35 bits per heavy atom. The molecule has 112 valence electrons. The topological polar surface area (TPSA) is 78.4 Å². The zero-order valence-corrected chi connectivity index (χ0v) is 14.8. The van der Waals surface area contributed by atoms with Crippen molar-refractivity contribution in [2.24, 2.45) is 5.73 Å². The zero-order valence-electron chi connectivity index (χ0n) is 12.6.